The molecule has 0 saturated heterocycles. The molecular weight excluding hydrogens is 250 g/mol. The second-order valence-corrected chi connectivity index (χ2v) is 4.49. The van der Waals surface area contributed by atoms with Crippen LogP contribution in [0.15, 0.2) is 48.7 Å². The van der Waals surface area contributed by atoms with E-state index in [1.54, 1.807) is 19.2 Å². The minimum absolute atomic E-state index is 0.394. The van der Waals surface area contributed by atoms with E-state index in [0.717, 1.165) is 11.3 Å². The highest BCUT2D eigenvalue weighted by Crippen LogP contribution is 2.29. The first-order chi connectivity index (χ1) is 9.74. The fourth-order valence-electron chi connectivity index (χ4n) is 2.09. The standard InChI is InChI=1S/C16H17N3O/c1-13(20)15-9-5-11-18-16(15)19(12-6-10-17)14-7-3-2-4-8-14/h2-5,7-9,11,13,20H,6,12H2,1H3/t13-/m1/s1. The zero-order valence-electron chi connectivity index (χ0n) is 11.4. The smallest absolute Gasteiger partial charge is 0.138 e. The first-order valence-electron chi connectivity index (χ1n) is 6.56. The molecule has 1 atom stereocenters. The fraction of sp³-hybridized carbons (Fsp3) is 0.250. The maximum absolute atomic E-state index is 9.89. The molecule has 0 unspecified atom stereocenters. The highest BCUT2D eigenvalue weighted by molar-refractivity contribution is 5.63. The van der Waals surface area contributed by atoms with Crippen LogP contribution in [0, 0.1) is 11.3 Å². The molecule has 102 valence electrons. The van der Waals surface area contributed by atoms with Gasteiger partial charge in [-0.15, -0.1) is 0 Å². The van der Waals surface area contributed by atoms with Crippen molar-refractivity contribution >= 4 is 11.5 Å². The second kappa shape index (κ2) is 6.69. The quantitative estimate of drug-likeness (QED) is 0.903. The number of aromatic nitrogens is 1. The maximum atomic E-state index is 9.89. The lowest BCUT2D eigenvalue weighted by molar-refractivity contribution is 0.199. The molecule has 4 nitrogen and oxygen atoms in total. The summed E-state index contributed by atoms with van der Waals surface area (Å²) in [6.07, 6.45) is 1.49. The SMILES string of the molecule is C[C@@H](O)c1cccnc1N(CCC#N)c1ccccc1. The Balaban J connectivity index is 2.45. The van der Waals surface area contributed by atoms with Crippen LogP contribution in [0.25, 0.3) is 0 Å². The third-order valence-electron chi connectivity index (χ3n) is 3.04. The average molecular weight is 267 g/mol. The van der Waals surface area contributed by atoms with Gasteiger partial charge in [0.1, 0.15) is 5.82 Å². The van der Waals surface area contributed by atoms with Gasteiger partial charge in [-0.2, -0.15) is 5.26 Å². The van der Waals surface area contributed by atoms with Crippen molar-refractivity contribution in [3.8, 4) is 6.07 Å². The molecule has 1 aromatic carbocycles. The van der Waals surface area contributed by atoms with Crippen molar-refractivity contribution in [1.82, 2.24) is 4.98 Å². The molecule has 20 heavy (non-hydrogen) atoms. The molecule has 0 radical (unpaired) electrons. The molecule has 4 heteroatoms. The minimum atomic E-state index is -0.605. The molecule has 1 N–H and O–H groups in total. The van der Waals surface area contributed by atoms with Crippen molar-refractivity contribution in [3.05, 3.63) is 54.2 Å². The van der Waals surface area contributed by atoms with Gasteiger partial charge >= 0.3 is 0 Å². The molecule has 0 aliphatic rings. The number of aliphatic hydroxyl groups excluding tert-OH is 1. The van der Waals surface area contributed by atoms with E-state index >= 15 is 0 Å². The molecule has 0 fully saturated rings. The largest absolute Gasteiger partial charge is 0.389 e. The van der Waals surface area contributed by atoms with Gasteiger partial charge in [0.05, 0.1) is 18.6 Å². The van der Waals surface area contributed by atoms with E-state index in [1.165, 1.54) is 0 Å². The van der Waals surface area contributed by atoms with E-state index in [-0.39, 0.29) is 0 Å². The van der Waals surface area contributed by atoms with Gasteiger partial charge in [0.25, 0.3) is 0 Å². The molecule has 0 amide bonds. The first-order valence-corrected chi connectivity index (χ1v) is 6.56. The maximum Gasteiger partial charge on any atom is 0.138 e. The number of anilines is 2. The van der Waals surface area contributed by atoms with E-state index in [0.29, 0.717) is 18.8 Å². The van der Waals surface area contributed by atoms with Crippen molar-refractivity contribution in [2.24, 2.45) is 0 Å². The molecule has 0 spiro atoms. The number of hydrogen-bond donors (Lipinski definition) is 1. The lowest BCUT2D eigenvalue weighted by Gasteiger charge is -2.25. The van der Waals surface area contributed by atoms with Gasteiger partial charge in [0, 0.05) is 24.0 Å². The highest BCUT2D eigenvalue weighted by atomic mass is 16.3. The predicted molar refractivity (Wildman–Crippen MR) is 78.5 cm³/mol. The Morgan fingerprint density at radius 2 is 2.00 bits per heavy atom. The lowest BCUT2D eigenvalue weighted by atomic mass is 10.1. The average Bonchev–Trinajstić information content (AvgIpc) is 2.49. The minimum Gasteiger partial charge on any atom is -0.389 e. The number of rotatable bonds is 5. The van der Waals surface area contributed by atoms with Crippen LogP contribution in [0.1, 0.15) is 25.0 Å². The zero-order valence-corrected chi connectivity index (χ0v) is 11.4. The van der Waals surface area contributed by atoms with Crippen LogP contribution >= 0.6 is 0 Å². The van der Waals surface area contributed by atoms with Gasteiger partial charge < -0.3 is 10.0 Å². The third-order valence-corrected chi connectivity index (χ3v) is 3.04. The summed E-state index contributed by atoms with van der Waals surface area (Å²) >= 11 is 0. The van der Waals surface area contributed by atoms with Crippen molar-refractivity contribution in [1.29, 1.82) is 5.26 Å². The van der Waals surface area contributed by atoms with Crippen LogP contribution in [0.3, 0.4) is 0 Å². The molecule has 0 aliphatic carbocycles. The highest BCUT2D eigenvalue weighted by Gasteiger charge is 2.16. The van der Waals surface area contributed by atoms with Crippen molar-refractivity contribution in [2.45, 2.75) is 19.4 Å². The number of aliphatic hydroxyl groups is 1. The predicted octanol–water partition coefficient (Wildman–Crippen LogP) is 3.19. The monoisotopic (exact) mass is 267 g/mol. The molecule has 0 saturated carbocycles. The summed E-state index contributed by atoms with van der Waals surface area (Å²) in [6.45, 7) is 2.26. The van der Waals surface area contributed by atoms with Crippen molar-refractivity contribution in [2.75, 3.05) is 11.4 Å². The van der Waals surface area contributed by atoms with Gasteiger partial charge in [-0.1, -0.05) is 24.3 Å². The number of benzene rings is 1. The molecule has 1 aromatic heterocycles. The Labute approximate surface area is 118 Å². The number of para-hydroxylation sites is 1. The number of nitrogens with zero attached hydrogens (tertiary/aromatic N) is 3. The number of pyridine rings is 1. The molecule has 0 bridgehead atoms. The van der Waals surface area contributed by atoms with Crippen LogP contribution in [-0.4, -0.2) is 16.6 Å². The molecule has 1 heterocycles. The Bertz CT molecular complexity index is 590. The summed E-state index contributed by atoms with van der Waals surface area (Å²) in [5, 5.41) is 18.7. The van der Waals surface area contributed by atoms with Crippen molar-refractivity contribution < 1.29 is 5.11 Å². The van der Waals surface area contributed by atoms with Crippen LogP contribution in [-0.2, 0) is 0 Å². The summed E-state index contributed by atoms with van der Waals surface area (Å²) in [5.41, 5.74) is 1.72. The second-order valence-electron chi connectivity index (χ2n) is 4.49. The number of nitriles is 1. The first kappa shape index (κ1) is 14.0. The van der Waals surface area contributed by atoms with Crippen LogP contribution in [0.5, 0.6) is 0 Å². The van der Waals surface area contributed by atoms with Gasteiger partial charge in [-0.05, 0) is 25.1 Å². The fourth-order valence-corrected chi connectivity index (χ4v) is 2.09. The van der Waals surface area contributed by atoms with E-state index in [9.17, 15) is 5.11 Å². The van der Waals surface area contributed by atoms with Crippen LogP contribution in [0.4, 0.5) is 11.5 Å². The summed E-state index contributed by atoms with van der Waals surface area (Å²) < 4.78 is 0. The third kappa shape index (κ3) is 3.14. The Kier molecular flexibility index (Phi) is 4.70. The molecule has 0 aliphatic heterocycles. The normalized spacial score (nSPS) is 11.7. The summed E-state index contributed by atoms with van der Waals surface area (Å²) in [5.74, 6) is 0.698. The van der Waals surface area contributed by atoms with Crippen LogP contribution in [0.2, 0.25) is 0 Å². The summed E-state index contributed by atoms with van der Waals surface area (Å²) in [4.78, 5) is 6.35. The molecular formula is C16H17N3O. The molecule has 2 aromatic rings. The van der Waals surface area contributed by atoms with Crippen LogP contribution < -0.4 is 4.90 Å². The Morgan fingerprint density at radius 1 is 1.25 bits per heavy atom. The van der Waals surface area contributed by atoms with Gasteiger partial charge in [0.2, 0.25) is 0 Å². The number of hydrogen-bond acceptors (Lipinski definition) is 4. The molecule has 2 rings (SSSR count). The van der Waals surface area contributed by atoms with Gasteiger partial charge in [-0.25, -0.2) is 4.98 Å². The lowest BCUT2D eigenvalue weighted by Crippen LogP contribution is -2.21. The van der Waals surface area contributed by atoms with E-state index in [2.05, 4.69) is 11.1 Å². The summed E-state index contributed by atoms with van der Waals surface area (Å²) in [7, 11) is 0. The topological polar surface area (TPSA) is 60.2 Å². The summed E-state index contributed by atoms with van der Waals surface area (Å²) in [6, 6.07) is 15.6. The zero-order chi connectivity index (χ0) is 14.4. The Hall–Kier alpha value is -2.38. The van der Waals surface area contributed by atoms with E-state index < -0.39 is 6.10 Å². The Morgan fingerprint density at radius 3 is 2.65 bits per heavy atom. The van der Waals surface area contributed by atoms with E-state index in [4.69, 9.17) is 5.26 Å². The van der Waals surface area contributed by atoms with Crippen molar-refractivity contribution in [3.63, 3.8) is 0 Å². The van der Waals surface area contributed by atoms with E-state index in [1.807, 2.05) is 41.3 Å². The van der Waals surface area contributed by atoms with Gasteiger partial charge in [0.15, 0.2) is 0 Å². The van der Waals surface area contributed by atoms with Gasteiger partial charge in [-0.3, -0.25) is 0 Å².